The van der Waals surface area contributed by atoms with Gasteiger partial charge in [0.05, 0.1) is 24.4 Å². The number of carboxylic acids is 2. The molecule has 136 heavy (non-hydrogen) atoms. The van der Waals surface area contributed by atoms with Crippen LogP contribution in [0.15, 0.2) is 122 Å². The molecule has 0 unspecified atom stereocenters. The van der Waals surface area contributed by atoms with E-state index in [1.54, 1.807) is 150 Å². The topological polar surface area (TPSA) is 649 Å². The number of carboxylic acid groups (broad SMARTS) is 2. The SMILES string of the molecule is CC[C@H](C)[C@@H]1NC(=O)[C@H](Cc2c[nH]c3ccccc23)NC(=O)[C@H](CCC(=O)O)NC(=O)[C@H]([C@@H](C)O)NC(=O)[C@H](CC(C)C)NC(=O)[C@H](Cc2c[nH]c3ccccc23)NC(=O)[C@H](CCCCN)NC(=O)[C@H]([C@@H](C)O)NC(=O)[C@@H](N)CSSC[C@@H](C(=O)O)NC(=O)[C@H](C)NC(=O)[C@H](Cc2c[nH]c3ccccc23)NC(=O)[C@H]([C@@H](C)O)NC(=O)[C@H](Cc2c[nH]c3ccccc23)NC(=O)[C@@H]2CCCN2C1=O. The molecule has 0 aliphatic carbocycles. The summed E-state index contributed by atoms with van der Waals surface area (Å²) in [4.78, 5) is 248. The summed E-state index contributed by atoms with van der Waals surface area (Å²) in [5, 5.41) is 91.0. The van der Waals surface area contributed by atoms with Gasteiger partial charge in [-0.15, -0.1) is 0 Å². The number of carbonyl (C=O) groups is 16. The Morgan fingerprint density at radius 2 is 0.772 bits per heavy atom. The van der Waals surface area contributed by atoms with E-state index in [0.29, 0.717) is 72.3 Å². The standard InChI is InChI=1S/C93H124N20O21S2/c1-9-47(4)75-92(132)113-34-20-30-73(113)88(128)106-71(39-55-43-99-64-28-17-13-24-59(55)64)87(127)112-78(51(8)116)91(131)107-68(36-52-40-96-61-25-14-10-21-56(52)61)83(123)100-48(5)79(119)108-72(93(133)134)45-136-135-44-60(95)80(120)110-76(49(6)114)89(129)101-65(29-18-19-33-94)81(121)104-69(37-53-41-97-62-26-15-11-22-57(53)62)84(124)103-67(35-46(2)3)85(125)111-77(50(7)115)90(130)102-66(31-32-74(117)118)82(122)105-70(86(126)109-75)38-54-42-98-63-27-16-12-23-58(54)63/h10-17,21-28,40-43,46-51,60,65-73,75-78,96-99,114-116H,9,18-20,29-39,44-45,94-95H2,1-8H3,(H,100,123)(H,101,129)(H,102,130)(H,103,124)(H,104,121)(H,105,122)(H,106,128)(H,107,131)(H,108,119)(H,109,126)(H,110,120)(H,111,125)(H,112,127)(H,117,118)(H,133,134)/t47-,48-,49+,50+,51+,60-,65-,66-,67-,68-,69-,70-,71-,72-,73-,75-,76-,77-,78-/m0/s1. The highest BCUT2D eigenvalue weighted by Gasteiger charge is 2.45. The zero-order valence-electron chi connectivity index (χ0n) is 76.8. The highest BCUT2D eigenvalue weighted by Crippen LogP contribution is 2.29. The Morgan fingerprint density at radius 3 is 1.18 bits per heavy atom. The van der Waals surface area contributed by atoms with Crippen LogP contribution in [0.4, 0.5) is 0 Å². The van der Waals surface area contributed by atoms with Crippen LogP contribution in [0.1, 0.15) is 135 Å². The molecule has 6 heterocycles. The van der Waals surface area contributed by atoms with Crippen LogP contribution in [0.3, 0.4) is 0 Å². The third-order valence-electron chi connectivity index (χ3n) is 24.2. The second kappa shape index (κ2) is 49.5. The molecule has 2 saturated heterocycles. The summed E-state index contributed by atoms with van der Waals surface area (Å²) in [6.45, 7) is 11.7. The molecule has 0 bridgehead atoms. The van der Waals surface area contributed by atoms with Gasteiger partial charge in [0.15, 0.2) is 0 Å². The lowest BCUT2D eigenvalue weighted by atomic mass is 9.96. The largest absolute Gasteiger partial charge is 0.481 e. The van der Waals surface area contributed by atoms with Crippen molar-refractivity contribution in [2.75, 3.05) is 24.6 Å². The number of hydrogen-bond donors (Lipinski definition) is 24. The molecule has 2 fully saturated rings. The van der Waals surface area contributed by atoms with Crippen molar-refractivity contribution in [3.63, 3.8) is 0 Å². The predicted octanol–water partition coefficient (Wildman–Crippen LogP) is 0.231. The lowest BCUT2D eigenvalue weighted by Crippen LogP contribution is -2.63. The number of amides is 14. The van der Waals surface area contributed by atoms with Crippen LogP contribution in [-0.4, -0.2) is 279 Å². The molecule has 43 heteroatoms. The van der Waals surface area contributed by atoms with Crippen LogP contribution in [-0.2, 0) is 102 Å². The summed E-state index contributed by atoms with van der Waals surface area (Å²) in [5.74, 6) is -18.9. The molecular weight excluding hydrogens is 1800 g/mol. The van der Waals surface area contributed by atoms with Gasteiger partial charge >= 0.3 is 11.9 Å². The van der Waals surface area contributed by atoms with Crippen LogP contribution in [0, 0.1) is 11.8 Å². The molecule has 734 valence electrons. The second-order valence-electron chi connectivity index (χ2n) is 35.1. The van der Waals surface area contributed by atoms with Crippen molar-refractivity contribution in [1.29, 1.82) is 0 Å². The number of nitrogens with zero attached hydrogens (tertiary/aromatic N) is 1. The smallest absolute Gasteiger partial charge is 0.327 e. The fourth-order valence-electron chi connectivity index (χ4n) is 16.4. The summed E-state index contributed by atoms with van der Waals surface area (Å²) < 4.78 is 0. The third-order valence-corrected chi connectivity index (χ3v) is 26.6. The highest BCUT2D eigenvalue weighted by atomic mass is 33.1. The van der Waals surface area contributed by atoms with E-state index >= 15 is 28.8 Å². The van der Waals surface area contributed by atoms with Crippen molar-refractivity contribution in [1.82, 2.24) is 94.0 Å². The van der Waals surface area contributed by atoms with Crippen molar-refractivity contribution in [2.24, 2.45) is 23.3 Å². The van der Waals surface area contributed by atoms with Gasteiger partial charge in [-0.2, -0.15) is 0 Å². The predicted molar refractivity (Wildman–Crippen MR) is 508 cm³/mol. The number of unbranched alkanes of at least 4 members (excludes halogenated alkanes) is 1. The number of aromatic amines is 4. The first-order chi connectivity index (χ1) is 64.8. The molecular formula is C93H124N20O21S2. The molecule has 0 saturated carbocycles. The maximum atomic E-state index is 15.6. The highest BCUT2D eigenvalue weighted by molar-refractivity contribution is 8.76. The molecule has 26 N–H and O–H groups in total. The zero-order valence-corrected chi connectivity index (χ0v) is 78.4. The Hall–Kier alpha value is -12.9. The first-order valence-electron chi connectivity index (χ1n) is 45.5. The van der Waals surface area contributed by atoms with Gasteiger partial charge in [0.1, 0.15) is 84.6 Å². The number of H-pyrrole nitrogens is 4. The molecule has 4 aromatic heterocycles. The first-order valence-corrected chi connectivity index (χ1v) is 48.0. The molecule has 2 aliphatic rings. The maximum absolute atomic E-state index is 15.6. The minimum absolute atomic E-state index is 0.0234. The van der Waals surface area contributed by atoms with E-state index in [9.17, 15) is 73.5 Å². The van der Waals surface area contributed by atoms with Gasteiger partial charge in [0, 0.05) is 119 Å². The number of aliphatic hydroxyl groups excluding tert-OH is 3. The fraction of sp³-hybridized carbons (Fsp3) is 0.484. The van der Waals surface area contributed by atoms with E-state index in [4.69, 9.17) is 11.5 Å². The van der Waals surface area contributed by atoms with E-state index in [1.807, 2.05) is 0 Å². The summed E-state index contributed by atoms with van der Waals surface area (Å²) >= 11 is 0. The number of rotatable bonds is 23. The quantitative estimate of drug-likeness (QED) is 0.0301. The van der Waals surface area contributed by atoms with Crippen molar-refractivity contribution in [2.45, 2.75) is 248 Å². The number of aliphatic carboxylic acids is 2. The number of fused-ring (bicyclic) bond motifs is 5. The Kier molecular flexibility index (Phi) is 38.3. The molecule has 14 amide bonds. The molecule has 10 rings (SSSR count). The molecule has 4 aromatic carbocycles. The van der Waals surface area contributed by atoms with Crippen LogP contribution in [0.2, 0.25) is 0 Å². The van der Waals surface area contributed by atoms with Gasteiger partial charge in [-0.1, -0.05) is 128 Å². The number of hydrogen-bond acceptors (Lipinski definition) is 23. The van der Waals surface area contributed by atoms with Gasteiger partial charge in [0.2, 0.25) is 82.7 Å². The normalized spacial score (nSPS) is 25.3. The van der Waals surface area contributed by atoms with Crippen LogP contribution in [0.25, 0.3) is 43.6 Å². The van der Waals surface area contributed by atoms with Crippen LogP contribution < -0.4 is 80.6 Å². The average molecular weight is 1920 g/mol. The van der Waals surface area contributed by atoms with Gasteiger partial charge in [-0.05, 0) is 138 Å². The van der Waals surface area contributed by atoms with E-state index in [2.05, 4.69) is 89.1 Å². The van der Waals surface area contributed by atoms with Crippen LogP contribution >= 0.6 is 21.6 Å². The van der Waals surface area contributed by atoms with Gasteiger partial charge in [-0.25, -0.2) is 4.79 Å². The summed E-state index contributed by atoms with van der Waals surface area (Å²) in [6.07, 6.45) is -0.655. The fourth-order valence-corrected chi connectivity index (χ4v) is 18.6. The molecule has 0 spiro atoms. The van der Waals surface area contributed by atoms with Crippen LogP contribution in [0.5, 0.6) is 0 Å². The lowest BCUT2D eigenvalue weighted by Gasteiger charge is -2.33. The number of benzene rings is 4. The van der Waals surface area contributed by atoms with Gasteiger partial charge in [0.25, 0.3) is 0 Å². The zero-order chi connectivity index (χ0) is 98.9. The molecule has 41 nitrogen and oxygen atoms in total. The Morgan fingerprint density at radius 1 is 0.419 bits per heavy atom. The van der Waals surface area contributed by atoms with Crippen molar-refractivity contribution >= 4 is 160 Å². The number of para-hydroxylation sites is 4. The Bertz CT molecular complexity index is 5600. The third kappa shape index (κ3) is 28.4. The molecule has 19 atom stereocenters. The minimum atomic E-state index is -1.98. The number of nitrogens with one attached hydrogen (secondary N) is 17. The van der Waals surface area contributed by atoms with Crippen molar-refractivity contribution in [3.8, 4) is 0 Å². The van der Waals surface area contributed by atoms with Crippen molar-refractivity contribution in [3.05, 3.63) is 144 Å². The Labute approximate surface area is 791 Å². The van der Waals surface area contributed by atoms with Gasteiger partial charge in [-0.3, -0.25) is 71.9 Å². The number of aliphatic hydroxyl groups is 3. The first kappa shape index (κ1) is 105. The summed E-state index contributed by atoms with van der Waals surface area (Å²) in [7, 11) is 1.76. The monoisotopic (exact) mass is 1920 g/mol. The maximum Gasteiger partial charge on any atom is 0.327 e. The lowest BCUT2D eigenvalue weighted by molar-refractivity contribution is -0.143. The van der Waals surface area contributed by atoms with Crippen molar-refractivity contribution < 1.29 is 102 Å². The van der Waals surface area contributed by atoms with Gasteiger partial charge < -0.3 is 131 Å². The summed E-state index contributed by atoms with van der Waals surface area (Å²) in [6, 6.07) is 3.49. The number of carbonyl (C=O) groups excluding carboxylic acids is 14. The average Bonchev–Trinajstić information content (AvgIpc) is 1.62. The van der Waals surface area contributed by atoms with E-state index < -0.39 is 228 Å². The molecule has 8 aromatic rings. The second-order valence-corrected chi connectivity index (χ2v) is 37.6. The summed E-state index contributed by atoms with van der Waals surface area (Å²) in [5.41, 5.74) is 16.7. The molecule has 2 aliphatic heterocycles. The number of nitrogens with two attached hydrogens (primary N) is 2. The minimum Gasteiger partial charge on any atom is -0.481 e. The van der Waals surface area contributed by atoms with E-state index in [-0.39, 0.29) is 88.8 Å². The molecule has 0 radical (unpaired) electrons. The van der Waals surface area contributed by atoms with E-state index in [1.165, 1.54) is 25.7 Å². The Balaban J connectivity index is 0.993. The number of aromatic nitrogens is 4. The van der Waals surface area contributed by atoms with E-state index in [0.717, 1.165) is 28.5 Å².